The number of rotatable bonds is 0. The third kappa shape index (κ3) is 4.39. The van der Waals surface area contributed by atoms with Crippen molar-refractivity contribution in [3.05, 3.63) is 29.8 Å². The minimum absolute atomic E-state index is 1.13. The normalized spacial score (nSPS) is 10.5. The van der Waals surface area contributed by atoms with E-state index in [0.29, 0.717) is 0 Å². The fourth-order valence-corrected chi connectivity index (χ4v) is 1.42. The Hall–Kier alpha value is -0.406. The van der Waals surface area contributed by atoms with E-state index < -0.39 is 8.07 Å². The van der Waals surface area contributed by atoms with Gasteiger partial charge in [0.15, 0.2) is 0 Å². The number of benzene rings is 1. The van der Waals surface area contributed by atoms with Gasteiger partial charge in [0.25, 0.3) is 0 Å². The van der Waals surface area contributed by atoms with Crippen LogP contribution < -0.4 is 4.24 Å². The molecule has 0 unspecified atom stereocenters. The molecule has 1 aromatic rings. The van der Waals surface area contributed by atoms with Crippen LogP contribution in [-0.4, -0.2) is 25.8 Å². The van der Waals surface area contributed by atoms with E-state index in [0.717, 1.165) is 5.56 Å². The summed E-state index contributed by atoms with van der Waals surface area (Å²) in [5, 5.41) is 0. The SMILES string of the molecule is [Li][c]1ccc(C#C[Si](C)(C)C)cc1. The molecular weight excluding hydrogens is 167 g/mol. The topological polar surface area (TPSA) is 0 Å². The van der Waals surface area contributed by atoms with Crippen molar-refractivity contribution in [1.82, 2.24) is 0 Å². The quantitative estimate of drug-likeness (QED) is 0.421. The molecule has 0 heterocycles. The molecule has 2 heteroatoms. The molecule has 0 saturated carbocycles. The Morgan fingerprint density at radius 3 is 2.08 bits per heavy atom. The van der Waals surface area contributed by atoms with Crippen LogP contribution in [0.25, 0.3) is 0 Å². The molecule has 0 aliphatic heterocycles. The first-order valence-corrected chi connectivity index (χ1v) is 8.07. The van der Waals surface area contributed by atoms with Crippen LogP contribution in [0.15, 0.2) is 24.3 Å². The van der Waals surface area contributed by atoms with Gasteiger partial charge in [0.1, 0.15) is 0 Å². The second-order valence-electron chi connectivity index (χ2n) is 4.37. The van der Waals surface area contributed by atoms with Gasteiger partial charge in [-0.05, 0) is 0 Å². The van der Waals surface area contributed by atoms with Crippen LogP contribution in [0.1, 0.15) is 5.56 Å². The molecule has 0 aromatic heterocycles. The van der Waals surface area contributed by atoms with Crippen LogP contribution in [0, 0.1) is 11.5 Å². The van der Waals surface area contributed by atoms with Crippen molar-refractivity contribution in [1.29, 1.82) is 0 Å². The van der Waals surface area contributed by atoms with Crippen LogP contribution in [0.5, 0.6) is 0 Å². The van der Waals surface area contributed by atoms with Crippen molar-refractivity contribution >= 4 is 30.0 Å². The van der Waals surface area contributed by atoms with E-state index in [-0.39, 0.29) is 0 Å². The average molecular weight is 180 g/mol. The molecule has 0 fully saturated rings. The summed E-state index contributed by atoms with van der Waals surface area (Å²) in [6.07, 6.45) is 0. The van der Waals surface area contributed by atoms with E-state index >= 15 is 0 Å². The van der Waals surface area contributed by atoms with Crippen LogP contribution in [0.2, 0.25) is 19.6 Å². The summed E-state index contributed by atoms with van der Waals surface area (Å²) in [5.74, 6) is 3.22. The van der Waals surface area contributed by atoms with Crippen molar-refractivity contribution in [2.75, 3.05) is 0 Å². The van der Waals surface area contributed by atoms with Crippen LogP contribution in [-0.2, 0) is 0 Å². The van der Waals surface area contributed by atoms with Gasteiger partial charge in [-0.3, -0.25) is 0 Å². The van der Waals surface area contributed by atoms with Crippen molar-refractivity contribution in [2.45, 2.75) is 19.6 Å². The van der Waals surface area contributed by atoms with E-state index in [9.17, 15) is 0 Å². The first-order valence-electron chi connectivity index (χ1n) is 4.57. The van der Waals surface area contributed by atoms with Crippen LogP contribution in [0.4, 0.5) is 0 Å². The number of hydrogen-bond acceptors (Lipinski definition) is 0. The molecule has 0 aliphatic carbocycles. The van der Waals surface area contributed by atoms with Gasteiger partial charge in [-0.25, -0.2) is 0 Å². The summed E-state index contributed by atoms with van der Waals surface area (Å²) in [6.45, 7) is 6.77. The van der Waals surface area contributed by atoms with Gasteiger partial charge in [0.05, 0.1) is 0 Å². The predicted octanol–water partition coefficient (Wildman–Crippen LogP) is 1.71. The molecule has 0 amide bonds. The van der Waals surface area contributed by atoms with E-state index in [2.05, 4.69) is 73.1 Å². The third-order valence-electron chi connectivity index (χ3n) is 1.63. The molecule has 0 nitrogen and oxygen atoms in total. The molecule has 1 aromatic carbocycles. The van der Waals surface area contributed by atoms with Crippen molar-refractivity contribution < 1.29 is 0 Å². The average Bonchev–Trinajstić information content (AvgIpc) is 2.02. The van der Waals surface area contributed by atoms with E-state index in [1.54, 1.807) is 0 Å². The van der Waals surface area contributed by atoms with Crippen molar-refractivity contribution in [3.8, 4) is 11.5 Å². The fourth-order valence-electron chi connectivity index (χ4n) is 0.897. The zero-order valence-electron chi connectivity index (χ0n) is 8.81. The summed E-state index contributed by atoms with van der Waals surface area (Å²) < 4.78 is 1.29. The monoisotopic (exact) mass is 180 g/mol. The van der Waals surface area contributed by atoms with Gasteiger partial charge >= 0.3 is 91.0 Å². The first kappa shape index (κ1) is 10.7. The maximum absolute atomic E-state index is 3.35. The molecule has 62 valence electrons. The van der Waals surface area contributed by atoms with E-state index in [1.165, 1.54) is 4.24 Å². The molecule has 0 spiro atoms. The van der Waals surface area contributed by atoms with E-state index in [1.807, 2.05) is 0 Å². The van der Waals surface area contributed by atoms with Gasteiger partial charge in [-0.2, -0.15) is 0 Å². The molecule has 0 radical (unpaired) electrons. The van der Waals surface area contributed by atoms with Gasteiger partial charge in [-0.15, -0.1) is 0 Å². The van der Waals surface area contributed by atoms with Crippen molar-refractivity contribution in [2.24, 2.45) is 0 Å². The third-order valence-corrected chi connectivity index (χ3v) is 2.51. The summed E-state index contributed by atoms with van der Waals surface area (Å²) >= 11 is 2.09. The molecule has 1 rings (SSSR count). The Labute approximate surface area is 91.0 Å². The summed E-state index contributed by atoms with van der Waals surface area (Å²) in [5.41, 5.74) is 4.48. The standard InChI is InChI=1S/C11H13Si.Li/c1-12(2,3)10-9-11-7-5-4-6-8-11;/h5-8H,1-3H3;. The molecule has 0 N–H and O–H groups in total. The van der Waals surface area contributed by atoms with Gasteiger partial charge in [0.2, 0.25) is 0 Å². The van der Waals surface area contributed by atoms with Crippen LogP contribution >= 0.6 is 0 Å². The molecule has 0 saturated heterocycles. The Morgan fingerprint density at radius 2 is 1.62 bits per heavy atom. The molecule has 0 atom stereocenters. The Bertz CT molecular complexity index is 335. The molecule has 0 bridgehead atoms. The number of hydrogen-bond donors (Lipinski definition) is 0. The Balaban J connectivity index is 2.85. The fraction of sp³-hybridized carbons (Fsp3) is 0.273. The summed E-state index contributed by atoms with van der Waals surface area (Å²) in [4.78, 5) is 0. The summed E-state index contributed by atoms with van der Waals surface area (Å²) in [6, 6.07) is 8.38. The zero-order chi connectivity index (χ0) is 9.90. The molecule has 0 aliphatic rings. The van der Waals surface area contributed by atoms with Gasteiger partial charge in [0, 0.05) is 0 Å². The van der Waals surface area contributed by atoms with Crippen LogP contribution in [0.3, 0.4) is 0 Å². The second kappa shape index (κ2) is 4.20. The summed E-state index contributed by atoms with van der Waals surface area (Å²) in [7, 11) is -1.21. The van der Waals surface area contributed by atoms with E-state index in [4.69, 9.17) is 0 Å². The maximum atomic E-state index is 3.35. The van der Waals surface area contributed by atoms with Gasteiger partial charge < -0.3 is 0 Å². The van der Waals surface area contributed by atoms with Gasteiger partial charge in [-0.1, -0.05) is 0 Å². The zero-order valence-corrected chi connectivity index (χ0v) is 9.81. The molecule has 13 heavy (non-hydrogen) atoms. The minimum atomic E-state index is -1.21. The second-order valence-corrected chi connectivity index (χ2v) is 9.12. The predicted molar refractivity (Wildman–Crippen MR) is 62.1 cm³/mol. The first-order chi connectivity index (χ1) is 5.97. The Morgan fingerprint density at radius 1 is 1.08 bits per heavy atom. The molecular formula is C11H13LiSi. The van der Waals surface area contributed by atoms with Crippen molar-refractivity contribution in [3.63, 3.8) is 0 Å². The Kier molecular flexibility index (Phi) is 3.45.